The van der Waals surface area contributed by atoms with E-state index in [1.165, 1.54) is 0 Å². The van der Waals surface area contributed by atoms with Crippen molar-refractivity contribution in [3.63, 3.8) is 0 Å². The minimum Gasteiger partial charge on any atom is -0.691 e. The van der Waals surface area contributed by atoms with Crippen LogP contribution in [0.15, 0.2) is 6.07 Å². The van der Waals surface area contributed by atoms with Crippen molar-refractivity contribution in [3.05, 3.63) is 16.8 Å². The zero-order valence-corrected chi connectivity index (χ0v) is 8.23. The van der Waals surface area contributed by atoms with Gasteiger partial charge in [-0.2, -0.15) is 0 Å². The standard InChI is InChI=1S/C9H14N4O/c1-7-6-8(12-4-2-3-5-12)13(14)11-9(7)10/h6H,2-5H2,1H3,(H2,10,11). The van der Waals surface area contributed by atoms with Crippen LogP contribution < -0.4 is 15.5 Å². The first kappa shape index (κ1) is 9.05. The topological polar surface area (TPSA) is 69.1 Å². The molecule has 0 amide bonds. The highest BCUT2D eigenvalue weighted by molar-refractivity contribution is 5.44. The van der Waals surface area contributed by atoms with Crippen molar-refractivity contribution in [1.82, 2.24) is 5.10 Å². The lowest BCUT2D eigenvalue weighted by atomic mass is 10.3. The maximum absolute atomic E-state index is 11.5. The summed E-state index contributed by atoms with van der Waals surface area (Å²) in [6, 6.07) is 1.81. The Morgan fingerprint density at radius 3 is 2.79 bits per heavy atom. The highest BCUT2D eigenvalue weighted by Gasteiger charge is 2.22. The van der Waals surface area contributed by atoms with Gasteiger partial charge in [-0.3, -0.25) is 4.90 Å². The van der Waals surface area contributed by atoms with Gasteiger partial charge in [0.1, 0.15) is 0 Å². The van der Waals surface area contributed by atoms with E-state index in [1.807, 2.05) is 11.8 Å². The third-order valence-corrected chi connectivity index (χ3v) is 2.57. The Bertz CT molecular complexity index is 347. The Morgan fingerprint density at radius 2 is 2.14 bits per heavy atom. The van der Waals surface area contributed by atoms with Crippen LogP contribution in [0.5, 0.6) is 0 Å². The molecule has 76 valence electrons. The quantitative estimate of drug-likeness (QED) is 0.512. The molecule has 0 radical (unpaired) electrons. The summed E-state index contributed by atoms with van der Waals surface area (Å²) in [6.45, 7) is 3.74. The molecule has 0 saturated carbocycles. The molecule has 0 aliphatic carbocycles. The van der Waals surface area contributed by atoms with Crippen molar-refractivity contribution in [1.29, 1.82) is 0 Å². The fourth-order valence-corrected chi connectivity index (χ4v) is 1.71. The minimum atomic E-state index is 0.308. The summed E-state index contributed by atoms with van der Waals surface area (Å²) in [6.07, 6.45) is 2.28. The first-order chi connectivity index (χ1) is 6.68. The molecule has 2 heterocycles. The molecule has 1 aromatic heterocycles. The third-order valence-electron chi connectivity index (χ3n) is 2.57. The molecule has 5 nitrogen and oxygen atoms in total. The van der Waals surface area contributed by atoms with Gasteiger partial charge in [-0.15, -0.1) is 4.85 Å². The molecular weight excluding hydrogens is 180 g/mol. The number of aryl methyl sites for hydroxylation is 1. The second-order valence-electron chi connectivity index (χ2n) is 3.64. The lowest BCUT2D eigenvalue weighted by Crippen LogP contribution is -2.40. The summed E-state index contributed by atoms with van der Waals surface area (Å²) < 4.78 is 0. The van der Waals surface area contributed by atoms with Gasteiger partial charge in [0.15, 0.2) is 5.82 Å². The van der Waals surface area contributed by atoms with Crippen molar-refractivity contribution in [2.45, 2.75) is 19.8 Å². The summed E-state index contributed by atoms with van der Waals surface area (Å²) in [5.74, 6) is 0.928. The predicted molar refractivity (Wildman–Crippen MR) is 53.8 cm³/mol. The summed E-state index contributed by atoms with van der Waals surface area (Å²) in [5.41, 5.74) is 6.40. The van der Waals surface area contributed by atoms with Crippen molar-refractivity contribution in [3.8, 4) is 0 Å². The van der Waals surface area contributed by atoms with Gasteiger partial charge < -0.3 is 10.9 Å². The van der Waals surface area contributed by atoms with Gasteiger partial charge >= 0.3 is 5.82 Å². The molecule has 14 heavy (non-hydrogen) atoms. The molecule has 1 aliphatic heterocycles. The van der Waals surface area contributed by atoms with Gasteiger partial charge in [0.25, 0.3) is 0 Å². The molecule has 2 rings (SSSR count). The smallest absolute Gasteiger partial charge is 0.301 e. The Morgan fingerprint density at radius 1 is 1.50 bits per heavy atom. The minimum absolute atomic E-state index is 0.308. The second kappa shape index (κ2) is 3.32. The average molecular weight is 194 g/mol. The van der Waals surface area contributed by atoms with E-state index < -0.39 is 0 Å². The fourth-order valence-electron chi connectivity index (χ4n) is 1.71. The molecule has 0 atom stereocenters. The summed E-state index contributed by atoms with van der Waals surface area (Å²) in [4.78, 5) is 2.67. The van der Waals surface area contributed by atoms with E-state index in [2.05, 4.69) is 5.10 Å². The average Bonchev–Trinajstić information content (AvgIpc) is 2.64. The van der Waals surface area contributed by atoms with E-state index in [4.69, 9.17) is 5.73 Å². The van der Waals surface area contributed by atoms with Gasteiger partial charge in [-0.25, -0.2) is 0 Å². The number of aromatic nitrogens is 2. The molecule has 1 fully saturated rings. The SMILES string of the molecule is Cc1cc(N2CCCC2)[n+]([O-])nc1N. The molecule has 2 N–H and O–H groups in total. The maximum Gasteiger partial charge on any atom is 0.301 e. The lowest BCUT2D eigenvalue weighted by Gasteiger charge is -2.15. The van der Waals surface area contributed by atoms with Crippen LogP contribution in [0.4, 0.5) is 11.6 Å². The number of hydrogen-bond donors (Lipinski definition) is 1. The summed E-state index contributed by atoms with van der Waals surface area (Å²) >= 11 is 0. The maximum atomic E-state index is 11.5. The van der Waals surface area contributed by atoms with Crippen LogP contribution in [0.1, 0.15) is 18.4 Å². The number of nitrogens with zero attached hydrogens (tertiary/aromatic N) is 3. The van der Waals surface area contributed by atoms with E-state index in [-0.39, 0.29) is 0 Å². The largest absolute Gasteiger partial charge is 0.691 e. The van der Waals surface area contributed by atoms with Gasteiger partial charge in [-0.1, -0.05) is 5.10 Å². The normalized spacial score (nSPS) is 16.2. The Hall–Kier alpha value is -1.52. The van der Waals surface area contributed by atoms with Gasteiger partial charge in [0.2, 0.25) is 0 Å². The molecule has 0 bridgehead atoms. The highest BCUT2D eigenvalue weighted by Crippen LogP contribution is 2.18. The number of nitrogens with two attached hydrogens (primary N) is 1. The Labute approximate surface area is 82.7 Å². The third kappa shape index (κ3) is 1.45. The first-order valence-corrected chi connectivity index (χ1v) is 4.80. The Kier molecular flexibility index (Phi) is 2.15. The zero-order valence-electron chi connectivity index (χ0n) is 8.23. The van der Waals surface area contributed by atoms with E-state index in [9.17, 15) is 5.21 Å². The van der Waals surface area contributed by atoms with Gasteiger partial charge in [0.05, 0.1) is 13.1 Å². The monoisotopic (exact) mass is 194 g/mol. The van der Waals surface area contributed by atoms with Crippen LogP contribution >= 0.6 is 0 Å². The highest BCUT2D eigenvalue weighted by atomic mass is 16.5. The fraction of sp³-hybridized carbons (Fsp3) is 0.556. The van der Waals surface area contributed by atoms with Crippen LogP contribution in [0.25, 0.3) is 0 Å². The van der Waals surface area contributed by atoms with Crippen LogP contribution in [-0.2, 0) is 0 Å². The van der Waals surface area contributed by atoms with E-state index >= 15 is 0 Å². The second-order valence-corrected chi connectivity index (χ2v) is 3.64. The number of rotatable bonds is 1. The van der Waals surface area contributed by atoms with Gasteiger partial charge in [-0.05, 0) is 19.8 Å². The van der Waals surface area contributed by atoms with Crippen LogP contribution in [0.2, 0.25) is 0 Å². The van der Waals surface area contributed by atoms with Crippen LogP contribution in [-0.4, -0.2) is 18.2 Å². The first-order valence-electron chi connectivity index (χ1n) is 4.80. The van der Waals surface area contributed by atoms with Gasteiger partial charge in [0, 0.05) is 11.6 Å². The lowest BCUT2D eigenvalue weighted by molar-refractivity contribution is -0.655. The number of anilines is 2. The zero-order chi connectivity index (χ0) is 10.1. The van der Waals surface area contributed by atoms with Crippen molar-refractivity contribution < 1.29 is 4.85 Å². The molecule has 5 heteroatoms. The molecule has 0 unspecified atom stereocenters. The molecule has 1 saturated heterocycles. The Balaban J connectivity index is 2.37. The predicted octanol–water partition coefficient (Wildman–Crippen LogP) is 0.206. The van der Waals surface area contributed by atoms with E-state index in [0.29, 0.717) is 16.5 Å². The van der Waals surface area contributed by atoms with Crippen molar-refractivity contribution in [2.75, 3.05) is 23.7 Å². The van der Waals surface area contributed by atoms with Crippen molar-refractivity contribution in [2.24, 2.45) is 0 Å². The van der Waals surface area contributed by atoms with E-state index in [0.717, 1.165) is 31.5 Å². The number of hydrogen-bond acceptors (Lipinski definition) is 4. The number of nitrogen functional groups attached to an aromatic ring is 1. The summed E-state index contributed by atoms with van der Waals surface area (Å²) in [7, 11) is 0. The van der Waals surface area contributed by atoms with Crippen LogP contribution in [0, 0.1) is 12.1 Å². The molecule has 1 aromatic rings. The molecular formula is C9H14N4O. The molecule has 0 spiro atoms. The molecule has 0 aromatic carbocycles. The van der Waals surface area contributed by atoms with Crippen LogP contribution in [0.3, 0.4) is 0 Å². The molecule has 1 aliphatic rings. The summed E-state index contributed by atoms with van der Waals surface area (Å²) in [5, 5.41) is 15.2. The van der Waals surface area contributed by atoms with E-state index in [1.54, 1.807) is 6.07 Å². The van der Waals surface area contributed by atoms with Crippen molar-refractivity contribution >= 4 is 11.6 Å².